The zero-order valence-electron chi connectivity index (χ0n) is 7.86. The third kappa shape index (κ3) is 7.80. The molecule has 0 unspecified atom stereocenters. The Balaban J connectivity index is 3.36. The van der Waals surface area contributed by atoms with E-state index in [1.807, 2.05) is 0 Å². The third-order valence-electron chi connectivity index (χ3n) is 1.60. The number of unbranched alkanes of at least 4 members (excludes halogenated alkanes) is 1. The van der Waals surface area contributed by atoms with Gasteiger partial charge in [-0.05, 0) is 26.2 Å². The number of hydrogen-bond donors (Lipinski definition) is 3. The molecule has 0 aromatic rings. The van der Waals surface area contributed by atoms with Gasteiger partial charge in [0.15, 0.2) is 0 Å². The molecule has 0 saturated carbocycles. The van der Waals surface area contributed by atoms with Crippen LogP contribution in [0, 0.1) is 0 Å². The number of thiol groups is 1. The normalized spacial score (nSPS) is 14.2. The van der Waals surface area contributed by atoms with Gasteiger partial charge in [0.1, 0.15) is 0 Å². The van der Waals surface area contributed by atoms with Crippen molar-refractivity contribution in [3.05, 3.63) is 0 Å². The van der Waals surface area contributed by atoms with Gasteiger partial charge in [0, 0.05) is 6.54 Å². The molecule has 0 heterocycles. The minimum atomic E-state index is -0.439. The van der Waals surface area contributed by atoms with Crippen molar-refractivity contribution in [2.75, 3.05) is 6.54 Å². The maximum atomic E-state index is 10.6. The summed E-state index contributed by atoms with van der Waals surface area (Å²) in [5, 5.41) is -0.251. The highest BCUT2D eigenvalue weighted by Crippen LogP contribution is 2.01. The molecule has 0 aromatic heterocycles. The van der Waals surface area contributed by atoms with Gasteiger partial charge in [-0.3, -0.25) is 9.79 Å². The molecule has 0 amide bonds. The maximum Gasteiger partial charge on any atom is 0.202 e. The molecule has 0 aromatic carbocycles. The van der Waals surface area contributed by atoms with Gasteiger partial charge in [-0.15, -0.1) is 12.6 Å². The van der Waals surface area contributed by atoms with E-state index in [1.165, 1.54) is 0 Å². The lowest BCUT2D eigenvalue weighted by molar-refractivity contribution is -0.112. The lowest BCUT2D eigenvalue weighted by Gasteiger charge is -2.04. The molecule has 4 N–H and O–H groups in total. The largest absolute Gasteiger partial charge is 0.388 e. The summed E-state index contributed by atoms with van der Waals surface area (Å²) >= 11 is 3.64. The van der Waals surface area contributed by atoms with Gasteiger partial charge in [0.2, 0.25) is 5.12 Å². The summed E-state index contributed by atoms with van der Waals surface area (Å²) in [5.41, 5.74) is 10.8. The highest BCUT2D eigenvalue weighted by Gasteiger charge is 2.07. The van der Waals surface area contributed by atoms with Gasteiger partial charge in [-0.1, -0.05) is 0 Å². The average Bonchev–Trinajstić information content (AvgIpc) is 2.02. The minimum Gasteiger partial charge on any atom is -0.388 e. The fraction of sp³-hybridized carbons (Fsp3) is 0.750. The Bertz CT molecular complexity index is 190. The zero-order chi connectivity index (χ0) is 10.3. The lowest BCUT2D eigenvalue weighted by Crippen LogP contribution is -2.26. The van der Waals surface area contributed by atoms with Crippen LogP contribution in [0.2, 0.25) is 0 Å². The molecule has 0 fully saturated rings. The molecule has 4 nitrogen and oxygen atoms in total. The highest BCUT2D eigenvalue weighted by atomic mass is 32.1. The quantitative estimate of drug-likeness (QED) is 0.252. The Morgan fingerprint density at radius 2 is 2.15 bits per heavy atom. The van der Waals surface area contributed by atoms with E-state index in [1.54, 1.807) is 6.92 Å². The molecule has 0 radical (unpaired) electrons. The molecule has 0 aliphatic carbocycles. The van der Waals surface area contributed by atoms with E-state index in [0.717, 1.165) is 12.8 Å². The van der Waals surface area contributed by atoms with Crippen LogP contribution in [0.5, 0.6) is 0 Å². The Kier molecular flexibility index (Phi) is 6.62. The Hall–Kier alpha value is -0.550. The number of nitrogens with zero attached hydrogens (tertiary/aromatic N) is 1. The van der Waals surface area contributed by atoms with Crippen LogP contribution in [0.4, 0.5) is 0 Å². The van der Waals surface area contributed by atoms with Crippen molar-refractivity contribution in [2.24, 2.45) is 16.5 Å². The minimum absolute atomic E-state index is 0.251. The van der Waals surface area contributed by atoms with Crippen LogP contribution >= 0.6 is 12.6 Å². The molecule has 13 heavy (non-hydrogen) atoms. The van der Waals surface area contributed by atoms with Crippen LogP contribution in [0.15, 0.2) is 4.99 Å². The fourth-order valence-corrected chi connectivity index (χ4v) is 0.984. The van der Waals surface area contributed by atoms with Crippen molar-refractivity contribution in [3.63, 3.8) is 0 Å². The summed E-state index contributed by atoms with van der Waals surface area (Å²) in [5.74, 6) is 0.592. The van der Waals surface area contributed by atoms with Crippen LogP contribution in [0.1, 0.15) is 26.2 Å². The summed E-state index contributed by atoms with van der Waals surface area (Å²) in [4.78, 5) is 14.6. The van der Waals surface area contributed by atoms with E-state index in [4.69, 9.17) is 11.5 Å². The van der Waals surface area contributed by atoms with Gasteiger partial charge in [0.05, 0.1) is 11.9 Å². The van der Waals surface area contributed by atoms with Gasteiger partial charge in [-0.25, -0.2) is 0 Å². The van der Waals surface area contributed by atoms with E-state index in [0.29, 0.717) is 18.8 Å². The standard InChI is InChI=1S/C8H17N3OS/c1-6(9)11-5-3-2-4-7(10)8(12)13/h7H,2-5,10H2,1H3,(H2,9,11)(H,12,13)/t7-/m0/s1. The molecule has 0 spiro atoms. The first-order chi connectivity index (χ1) is 6.04. The SMILES string of the molecule is CC(N)=NCCCC[C@H](N)C(=O)S. The van der Waals surface area contributed by atoms with Crippen molar-refractivity contribution < 1.29 is 4.79 Å². The number of amidine groups is 1. The Morgan fingerprint density at radius 3 is 2.62 bits per heavy atom. The molecule has 0 rings (SSSR count). The van der Waals surface area contributed by atoms with Gasteiger partial charge in [-0.2, -0.15) is 0 Å². The topological polar surface area (TPSA) is 81.5 Å². The molecule has 76 valence electrons. The van der Waals surface area contributed by atoms with Gasteiger partial charge >= 0.3 is 0 Å². The Morgan fingerprint density at radius 1 is 1.54 bits per heavy atom. The predicted molar refractivity (Wildman–Crippen MR) is 58.0 cm³/mol. The van der Waals surface area contributed by atoms with Crippen molar-refractivity contribution in [2.45, 2.75) is 32.2 Å². The smallest absolute Gasteiger partial charge is 0.202 e. The second-order valence-electron chi connectivity index (χ2n) is 2.96. The molecular weight excluding hydrogens is 186 g/mol. The number of nitrogens with two attached hydrogens (primary N) is 2. The van der Waals surface area contributed by atoms with E-state index < -0.39 is 6.04 Å². The van der Waals surface area contributed by atoms with Gasteiger partial charge < -0.3 is 11.5 Å². The molecule has 0 aliphatic heterocycles. The number of carbonyl (C=O) groups excluding carboxylic acids is 1. The first-order valence-electron chi connectivity index (χ1n) is 4.29. The lowest BCUT2D eigenvalue weighted by atomic mass is 10.1. The van der Waals surface area contributed by atoms with Crippen LogP contribution < -0.4 is 11.5 Å². The highest BCUT2D eigenvalue weighted by molar-refractivity contribution is 7.96. The zero-order valence-corrected chi connectivity index (χ0v) is 8.76. The fourth-order valence-electron chi connectivity index (χ4n) is 0.855. The molecule has 0 bridgehead atoms. The van der Waals surface area contributed by atoms with Crippen LogP contribution in [0.3, 0.4) is 0 Å². The number of carbonyl (C=O) groups is 1. The van der Waals surface area contributed by atoms with E-state index in [-0.39, 0.29) is 5.12 Å². The summed E-state index contributed by atoms with van der Waals surface area (Å²) in [6.45, 7) is 2.46. The van der Waals surface area contributed by atoms with E-state index >= 15 is 0 Å². The molecule has 0 aliphatic rings. The summed E-state index contributed by atoms with van der Waals surface area (Å²) in [6.07, 6.45) is 2.45. The van der Waals surface area contributed by atoms with Crippen molar-refractivity contribution in [1.29, 1.82) is 0 Å². The first kappa shape index (κ1) is 12.4. The second kappa shape index (κ2) is 6.91. The molecular formula is C8H17N3OS. The van der Waals surface area contributed by atoms with Crippen LogP contribution in [-0.4, -0.2) is 23.5 Å². The molecule has 5 heteroatoms. The molecule has 1 atom stereocenters. The summed E-state index contributed by atoms with van der Waals surface area (Å²) in [7, 11) is 0. The van der Waals surface area contributed by atoms with E-state index in [2.05, 4.69) is 17.6 Å². The maximum absolute atomic E-state index is 10.6. The Labute approximate surface area is 84.2 Å². The summed E-state index contributed by atoms with van der Waals surface area (Å²) < 4.78 is 0. The van der Waals surface area contributed by atoms with Crippen LogP contribution in [-0.2, 0) is 4.79 Å². The third-order valence-corrected chi connectivity index (χ3v) is 1.93. The first-order valence-corrected chi connectivity index (χ1v) is 4.73. The summed E-state index contributed by atoms with van der Waals surface area (Å²) in [6, 6.07) is -0.439. The predicted octanol–water partition coefficient (Wildman–Crippen LogP) is 0.318. The van der Waals surface area contributed by atoms with Crippen molar-refractivity contribution in [1.82, 2.24) is 0 Å². The van der Waals surface area contributed by atoms with Gasteiger partial charge in [0.25, 0.3) is 0 Å². The second-order valence-corrected chi connectivity index (χ2v) is 3.40. The average molecular weight is 203 g/mol. The van der Waals surface area contributed by atoms with Crippen molar-refractivity contribution >= 4 is 23.6 Å². The van der Waals surface area contributed by atoms with Crippen LogP contribution in [0.25, 0.3) is 0 Å². The molecule has 0 saturated heterocycles. The number of rotatable bonds is 6. The van der Waals surface area contributed by atoms with Crippen molar-refractivity contribution in [3.8, 4) is 0 Å². The number of aliphatic imine (C=N–C) groups is 1. The monoisotopic (exact) mass is 203 g/mol. The number of hydrogen-bond acceptors (Lipinski definition) is 3. The van der Waals surface area contributed by atoms with E-state index in [9.17, 15) is 4.79 Å².